The second kappa shape index (κ2) is 7.26. The molecule has 2 heterocycles. The van der Waals surface area contributed by atoms with E-state index in [1.165, 1.54) is 0 Å². The molecule has 4 unspecified atom stereocenters. The molecule has 1 aliphatic carbocycles. The quantitative estimate of drug-likeness (QED) is 0.662. The third kappa shape index (κ3) is 3.68. The normalized spacial score (nSPS) is 38.2. The molecule has 0 radical (unpaired) electrons. The minimum atomic E-state index is -0.337. The predicted octanol–water partition coefficient (Wildman–Crippen LogP) is 0.786. The van der Waals surface area contributed by atoms with Gasteiger partial charge in [0.15, 0.2) is 0 Å². The van der Waals surface area contributed by atoms with Crippen molar-refractivity contribution in [2.45, 2.75) is 50.1 Å². The van der Waals surface area contributed by atoms with Gasteiger partial charge in [0.25, 0.3) is 0 Å². The van der Waals surface area contributed by atoms with Crippen LogP contribution >= 0.6 is 11.6 Å². The van der Waals surface area contributed by atoms with Crippen molar-refractivity contribution in [2.24, 2.45) is 29.4 Å². The van der Waals surface area contributed by atoms with Crippen molar-refractivity contribution in [3.63, 3.8) is 0 Å². The molecule has 0 aromatic rings. The zero-order valence-corrected chi connectivity index (χ0v) is 14.7. The number of nitrogens with one attached hydrogen (secondary N) is 1. The molecule has 2 aliphatic heterocycles. The number of nitrogens with zero attached hydrogens (tertiary/aromatic N) is 1. The summed E-state index contributed by atoms with van der Waals surface area (Å²) in [6, 6.07) is -0.0126. The van der Waals surface area contributed by atoms with Crippen molar-refractivity contribution < 1.29 is 9.90 Å². The SMILES string of the molecule is CC1CC(O)C([C@H](N)C2CCN(C(=O)C3CNC3)CC2)CC1Cl. The minimum absolute atomic E-state index is 0.0126. The maximum absolute atomic E-state index is 12.3. The molecule has 3 fully saturated rings. The molecule has 132 valence electrons. The molecule has 0 aromatic carbocycles. The van der Waals surface area contributed by atoms with E-state index in [0.29, 0.717) is 17.7 Å². The Hall–Kier alpha value is -0.360. The van der Waals surface area contributed by atoms with Crippen LogP contribution in [0.2, 0.25) is 0 Å². The standard InChI is InChI=1S/C17H30ClN3O2/c1-10-6-15(22)13(7-14(10)18)16(19)11-2-4-21(5-3-11)17(23)12-8-20-9-12/h10-16,20,22H,2-9,19H2,1H3/t10?,13?,14?,15?,16-/m1/s1. The number of carbonyl (C=O) groups excluding carboxylic acids is 1. The maximum Gasteiger partial charge on any atom is 0.228 e. The van der Waals surface area contributed by atoms with Crippen molar-refractivity contribution in [3.8, 4) is 0 Å². The first kappa shape index (κ1) is 17.5. The molecule has 3 rings (SSSR count). The highest BCUT2D eigenvalue weighted by Crippen LogP contribution is 2.37. The molecule has 6 heteroatoms. The second-order valence-corrected chi connectivity index (χ2v) is 8.35. The summed E-state index contributed by atoms with van der Waals surface area (Å²) in [6.45, 7) is 5.35. The van der Waals surface area contributed by atoms with E-state index in [4.69, 9.17) is 17.3 Å². The number of hydrogen-bond acceptors (Lipinski definition) is 4. The van der Waals surface area contributed by atoms with Crippen LogP contribution in [0.15, 0.2) is 0 Å². The lowest BCUT2D eigenvalue weighted by Crippen LogP contribution is -2.55. The highest BCUT2D eigenvalue weighted by Gasteiger charge is 2.40. The molecule has 3 aliphatic rings. The molecule has 4 N–H and O–H groups in total. The van der Waals surface area contributed by atoms with Crippen LogP contribution in [-0.2, 0) is 4.79 Å². The number of halogens is 1. The fourth-order valence-corrected chi connectivity index (χ4v) is 4.65. The average Bonchev–Trinajstić information content (AvgIpc) is 2.48. The highest BCUT2D eigenvalue weighted by atomic mass is 35.5. The number of likely N-dealkylation sites (tertiary alicyclic amines) is 1. The Morgan fingerprint density at radius 3 is 2.52 bits per heavy atom. The van der Waals surface area contributed by atoms with E-state index in [2.05, 4.69) is 12.2 Å². The molecular weight excluding hydrogens is 314 g/mol. The van der Waals surface area contributed by atoms with Gasteiger partial charge in [0.05, 0.1) is 12.0 Å². The Labute approximate surface area is 143 Å². The smallest absolute Gasteiger partial charge is 0.228 e. The number of carbonyl (C=O) groups is 1. The lowest BCUT2D eigenvalue weighted by Gasteiger charge is -2.43. The molecule has 0 bridgehead atoms. The van der Waals surface area contributed by atoms with Crippen LogP contribution in [0.3, 0.4) is 0 Å². The maximum atomic E-state index is 12.3. The van der Waals surface area contributed by atoms with Crippen LogP contribution < -0.4 is 11.1 Å². The Kier molecular flexibility index (Phi) is 5.51. The van der Waals surface area contributed by atoms with Gasteiger partial charge in [-0.2, -0.15) is 0 Å². The molecule has 23 heavy (non-hydrogen) atoms. The van der Waals surface area contributed by atoms with Gasteiger partial charge >= 0.3 is 0 Å². The summed E-state index contributed by atoms with van der Waals surface area (Å²) in [5, 5.41) is 13.7. The van der Waals surface area contributed by atoms with Gasteiger partial charge in [-0.05, 0) is 37.5 Å². The number of aliphatic hydroxyl groups is 1. The van der Waals surface area contributed by atoms with E-state index in [0.717, 1.165) is 51.9 Å². The first-order valence-corrected chi connectivity index (χ1v) is 9.48. The van der Waals surface area contributed by atoms with Gasteiger partial charge in [0.1, 0.15) is 0 Å². The zero-order chi connectivity index (χ0) is 16.6. The van der Waals surface area contributed by atoms with E-state index in [1.807, 2.05) is 4.90 Å². The number of rotatable bonds is 3. The van der Waals surface area contributed by atoms with Crippen LogP contribution in [0.5, 0.6) is 0 Å². The monoisotopic (exact) mass is 343 g/mol. The predicted molar refractivity (Wildman–Crippen MR) is 91.2 cm³/mol. The van der Waals surface area contributed by atoms with Crippen LogP contribution in [0.4, 0.5) is 0 Å². The number of alkyl halides is 1. The lowest BCUT2D eigenvalue weighted by atomic mass is 9.72. The van der Waals surface area contributed by atoms with Gasteiger partial charge in [-0.15, -0.1) is 11.6 Å². The summed E-state index contributed by atoms with van der Waals surface area (Å²) in [4.78, 5) is 14.3. The summed E-state index contributed by atoms with van der Waals surface area (Å²) in [5.41, 5.74) is 6.51. The topological polar surface area (TPSA) is 78.6 Å². The average molecular weight is 344 g/mol. The number of piperidine rings is 1. The number of aliphatic hydroxyl groups excluding tert-OH is 1. The van der Waals surface area contributed by atoms with Crippen molar-refractivity contribution in [1.29, 1.82) is 0 Å². The molecule has 2 saturated heterocycles. The van der Waals surface area contributed by atoms with E-state index >= 15 is 0 Å². The van der Waals surface area contributed by atoms with Crippen LogP contribution in [0.25, 0.3) is 0 Å². The lowest BCUT2D eigenvalue weighted by molar-refractivity contribution is -0.138. The summed E-state index contributed by atoms with van der Waals surface area (Å²) in [7, 11) is 0. The molecule has 5 atom stereocenters. The minimum Gasteiger partial charge on any atom is -0.393 e. The summed E-state index contributed by atoms with van der Waals surface area (Å²) in [6.07, 6.45) is 3.10. The molecule has 5 nitrogen and oxygen atoms in total. The van der Waals surface area contributed by atoms with Gasteiger partial charge in [-0.3, -0.25) is 4.79 Å². The van der Waals surface area contributed by atoms with Crippen molar-refractivity contribution in [1.82, 2.24) is 10.2 Å². The Bertz CT molecular complexity index is 424. The highest BCUT2D eigenvalue weighted by molar-refractivity contribution is 6.20. The summed E-state index contributed by atoms with van der Waals surface area (Å²) >= 11 is 6.41. The first-order valence-electron chi connectivity index (χ1n) is 9.04. The van der Waals surface area contributed by atoms with E-state index in [9.17, 15) is 9.90 Å². The van der Waals surface area contributed by atoms with E-state index in [-0.39, 0.29) is 29.4 Å². The third-order valence-corrected chi connectivity index (χ3v) is 6.85. The largest absolute Gasteiger partial charge is 0.393 e. The number of amides is 1. The zero-order valence-electron chi connectivity index (χ0n) is 14.0. The second-order valence-electron chi connectivity index (χ2n) is 7.79. The molecular formula is C17H30ClN3O2. The van der Waals surface area contributed by atoms with Crippen LogP contribution in [0, 0.1) is 23.7 Å². The fourth-order valence-electron chi connectivity index (χ4n) is 4.34. The number of hydrogen-bond donors (Lipinski definition) is 3. The molecule has 0 aromatic heterocycles. The summed E-state index contributed by atoms with van der Waals surface area (Å²) in [5.74, 6) is 1.31. The van der Waals surface area contributed by atoms with Gasteiger partial charge in [-0.1, -0.05) is 6.92 Å². The van der Waals surface area contributed by atoms with Gasteiger partial charge in [-0.25, -0.2) is 0 Å². The molecule has 1 saturated carbocycles. The van der Waals surface area contributed by atoms with Gasteiger partial charge < -0.3 is 21.1 Å². The molecule has 1 amide bonds. The Morgan fingerprint density at radius 1 is 1.30 bits per heavy atom. The van der Waals surface area contributed by atoms with Crippen LogP contribution in [-0.4, -0.2) is 59.6 Å². The van der Waals surface area contributed by atoms with Gasteiger partial charge in [0.2, 0.25) is 5.91 Å². The van der Waals surface area contributed by atoms with E-state index < -0.39 is 0 Å². The van der Waals surface area contributed by atoms with Crippen LogP contribution in [0.1, 0.15) is 32.6 Å². The van der Waals surface area contributed by atoms with E-state index in [1.54, 1.807) is 0 Å². The fraction of sp³-hybridized carbons (Fsp3) is 0.941. The van der Waals surface area contributed by atoms with Crippen molar-refractivity contribution >= 4 is 17.5 Å². The third-order valence-electron chi connectivity index (χ3n) is 6.24. The summed E-state index contributed by atoms with van der Waals surface area (Å²) < 4.78 is 0. The van der Waals surface area contributed by atoms with Gasteiger partial charge in [0, 0.05) is 43.5 Å². The Balaban J connectivity index is 1.51. The number of nitrogens with two attached hydrogens (primary N) is 1. The Morgan fingerprint density at radius 2 is 1.96 bits per heavy atom. The van der Waals surface area contributed by atoms with Crippen molar-refractivity contribution in [3.05, 3.63) is 0 Å². The molecule has 0 spiro atoms. The first-order chi connectivity index (χ1) is 11.0. The van der Waals surface area contributed by atoms with Crippen molar-refractivity contribution in [2.75, 3.05) is 26.2 Å².